The largest absolute Gasteiger partial charge is 0.360 e. The van der Waals surface area contributed by atoms with Gasteiger partial charge in [-0.15, -0.1) is 0 Å². The Labute approximate surface area is 103 Å². The Kier molecular flexibility index (Phi) is 2.45. The SMILES string of the molecule is O=Cc1c[nH]c2cccc(-c3cccc(F)c3)c12. The van der Waals surface area contributed by atoms with Crippen LogP contribution in [0.25, 0.3) is 22.0 Å². The Morgan fingerprint density at radius 2 is 1.94 bits per heavy atom. The van der Waals surface area contributed by atoms with Gasteiger partial charge in [-0.3, -0.25) is 4.79 Å². The standard InChI is InChI=1S/C15H10FNO/c16-12-4-1-3-10(7-12)13-5-2-6-14-15(13)11(9-18)8-17-14/h1-9,17H. The number of hydrogen-bond donors (Lipinski definition) is 1. The number of halogens is 1. The van der Waals surface area contributed by atoms with Crippen LogP contribution in [0.3, 0.4) is 0 Å². The summed E-state index contributed by atoms with van der Waals surface area (Å²) in [6.45, 7) is 0. The van der Waals surface area contributed by atoms with Gasteiger partial charge in [-0.25, -0.2) is 4.39 Å². The minimum absolute atomic E-state index is 0.285. The van der Waals surface area contributed by atoms with E-state index in [2.05, 4.69) is 4.98 Å². The first-order valence-corrected chi connectivity index (χ1v) is 5.61. The number of carbonyl (C=O) groups excluding carboxylic acids is 1. The van der Waals surface area contributed by atoms with Crippen LogP contribution in [0.15, 0.2) is 48.7 Å². The highest BCUT2D eigenvalue weighted by Gasteiger charge is 2.09. The highest BCUT2D eigenvalue weighted by Crippen LogP contribution is 2.30. The number of aromatic amines is 1. The fraction of sp³-hybridized carbons (Fsp3) is 0. The molecule has 2 nitrogen and oxygen atoms in total. The van der Waals surface area contributed by atoms with Crippen LogP contribution < -0.4 is 0 Å². The van der Waals surface area contributed by atoms with Gasteiger partial charge in [0, 0.05) is 22.7 Å². The van der Waals surface area contributed by atoms with E-state index in [4.69, 9.17) is 0 Å². The number of hydrogen-bond acceptors (Lipinski definition) is 1. The number of carbonyl (C=O) groups is 1. The molecule has 0 aliphatic rings. The lowest BCUT2D eigenvalue weighted by Gasteiger charge is -2.04. The van der Waals surface area contributed by atoms with Gasteiger partial charge in [0.2, 0.25) is 0 Å². The third-order valence-electron chi connectivity index (χ3n) is 3.00. The fourth-order valence-corrected chi connectivity index (χ4v) is 2.20. The van der Waals surface area contributed by atoms with E-state index in [1.165, 1.54) is 12.1 Å². The third kappa shape index (κ3) is 1.61. The van der Waals surface area contributed by atoms with E-state index < -0.39 is 0 Å². The number of H-pyrrole nitrogens is 1. The van der Waals surface area contributed by atoms with Gasteiger partial charge in [0.25, 0.3) is 0 Å². The first-order chi connectivity index (χ1) is 8.79. The monoisotopic (exact) mass is 239 g/mol. The third-order valence-corrected chi connectivity index (χ3v) is 3.00. The Morgan fingerprint density at radius 3 is 2.72 bits per heavy atom. The average molecular weight is 239 g/mol. The highest BCUT2D eigenvalue weighted by atomic mass is 19.1. The second-order valence-electron chi connectivity index (χ2n) is 4.10. The second-order valence-corrected chi connectivity index (χ2v) is 4.10. The summed E-state index contributed by atoms with van der Waals surface area (Å²) < 4.78 is 13.3. The average Bonchev–Trinajstić information content (AvgIpc) is 2.81. The summed E-state index contributed by atoms with van der Waals surface area (Å²) in [5.74, 6) is -0.285. The van der Waals surface area contributed by atoms with Crippen molar-refractivity contribution in [1.29, 1.82) is 0 Å². The molecule has 88 valence electrons. The zero-order valence-electron chi connectivity index (χ0n) is 9.48. The van der Waals surface area contributed by atoms with E-state index >= 15 is 0 Å². The molecular formula is C15H10FNO. The normalized spacial score (nSPS) is 10.7. The molecule has 1 N–H and O–H groups in total. The molecule has 0 radical (unpaired) electrons. The van der Waals surface area contributed by atoms with Gasteiger partial charge < -0.3 is 4.98 Å². The maximum atomic E-state index is 13.3. The van der Waals surface area contributed by atoms with Gasteiger partial charge in [-0.1, -0.05) is 24.3 Å². The lowest BCUT2D eigenvalue weighted by molar-refractivity contribution is 0.112. The molecule has 0 saturated carbocycles. The van der Waals surface area contributed by atoms with Crippen molar-refractivity contribution in [3.8, 4) is 11.1 Å². The maximum absolute atomic E-state index is 13.3. The molecule has 3 heteroatoms. The van der Waals surface area contributed by atoms with Crippen LogP contribution in [0.4, 0.5) is 4.39 Å². The van der Waals surface area contributed by atoms with Gasteiger partial charge in [0.15, 0.2) is 6.29 Å². The molecule has 18 heavy (non-hydrogen) atoms. The van der Waals surface area contributed by atoms with Crippen LogP contribution in [0, 0.1) is 5.82 Å². The molecule has 0 atom stereocenters. The molecule has 0 saturated heterocycles. The Balaban J connectivity index is 2.35. The van der Waals surface area contributed by atoms with E-state index in [1.807, 2.05) is 24.3 Å². The van der Waals surface area contributed by atoms with Gasteiger partial charge in [0.05, 0.1) is 0 Å². The van der Waals surface area contributed by atoms with E-state index in [1.54, 1.807) is 12.3 Å². The molecule has 2 aromatic carbocycles. The van der Waals surface area contributed by atoms with Gasteiger partial charge in [-0.05, 0) is 29.3 Å². The fourth-order valence-electron chi connectivity index (χ4n) is 2.20. The molecule has 0 amide bonds. The number of nitrogens with one attached hydrogen (secondary N) is 1. The first kappa shape index (κ1) is 10.7. The van der Waals surface area contributed by atoms with Crippen molar-refractivity contribution in [1.82, 2.24) is 4.98 Å². The Hall–Kier alpha value is -2.42. The van der Waals surface area contributed by atoms with Crippen LogP contribution in [-0.2, 0) is 0 Å². The number of aldehydes is 1. The molecule has 1 aromatic heterocycles. The Bertz CT molecular complexity index is 730. The lowest BCUT2D eigenvalue weighted by Crippen LogP contribution is -1.84. The number of rotatable bonds is 2. The van der Waals surface area contributed by atoms with Crippen molar-refractivity contribution in [2.45, 2.75) is 0 Å². The molecule has 0 aliphatic heterocycles. The van der Waals surface area contributed by atoms with Crippen molar-refractivity contribution >= 4 is 17.2 Å². The predicted octanol–water partition coefficient (Wildman–Crippen LogP) is 3.79. The molecule has 1 heterocycles. The minimum atomic E-state index is -0.285. The summed E-state index contributed by atoms with van der Waals surface area (Å²) in [4.78, 5) is 14.1. The molecule has 0 aliphatic carbocycles. The van der Waals surface area contributed by atoms with Crippen LogP contribution in [0.2, 0.25) is 0 Å². The Morgan fingerprint density at radius 1 is 1.11 bits per heavy atom. The molecule has 3 rings (SSSR count). The molecule has 0 bridgehead atoms. The van der Waals surface area contributed by atoms with Crippen LogP contribution in [0.1, 0.15) is 10.4 Å². The second kappa shape index (κ2) is 4.11. The molecule has 0 unspecified atom stereocenters. The quantitative estimate of drug-likeness (QED) is 0.678. The lowest BCUT2D eigenvalue weighted by atomic mass is 9.99. The van der Waals surface area contributed by atoms with Crippen LogP contribution in [0.5, 0.6) is 0 Å². The van der Waals surface area contributed by atoms with Crippen molar-refractivity contribution in [2.75, 3.05) is 0 Å². The van der Waals surface area contributed by atoms with Gasteiger partial charge in [0.1, 0.15) is 5.82 Å². The van der Waals surface area contributed by atoms with Gasteiger partial charge >= 0.3 is 0 Å². The smallest absolute Gasteiger partial charge is 0.152 e. The topological polar surface area (TPSA) is 32.9 Å². The van der Waals surface area contributed by atoms with Gasteiger partial charge in [-0.2, -0.15) is 0 Å². The van der Waals surface area contributed by atoms with E-state index in [0.29, 0.717) is 5.56 Å². The zero-order chi connectivity index (χ0) is 12.5. The minimum Gasteiger partial charge on any atom is -0.360 e. The number of benzene rings is 2. The van der Waals surface area contributed by atoms with Crippen molar-refractivity contribution in [3.63, 3.8) is 0 Å². The van der Waals surface area contributed by atoms with Crippen LogP contribution >= 0.6 is 0 Å². The summed E-state index contributed by atoms with van der Waals surface area (Å²) in [5.41, 5.74) is 3.09. The van der Waals surface area contributed by atoms with Crippen LogP contribution in [-0.4, -0.2) is 11.3 Å². The molecule has 3 aromatic rings. The van der Waals surface area contributed by atoms with E-state index in [0.717, 1.165) is 28.3 Å². The van der Waals surface area contributed by atoms with Crippen molar-refractivity contribution in [2.24, 2.45) is 0 Å². The summed E-state index contributed by atoms with van der Waals surface area (Å²) >= 11 is 0. The first-order valence-electron chi connectivity index (χ1n) is 5.61. The number of aromatic nitrogens is 1. The highest BCUT2D eigenvalue weighted by molar-refractivity contribution is 6.05. The maximum Gasteiger partial charge on any atom is 0.152 e. The number of fused-ring (bicyclic) bond motifs is 1. The summed E-state index contributed by atoms with van der Waals surface area (Å²) in [7, 11) is 0. The zero-order valence-corrected chi connectivity index (χ0v) is 9.48. The molecule has 0 fully saturated rings. The van der Waals surface area contributed by atoms with Crippen molar-refractivity contribution in [3.05, 3.63) is 60.0 Å². The van der Waals surface area contributed by atoms with Crippen molar-refractivity contribution < 1.29 is 9.18 Å². The summed E-state index contributed by atoms with van der Waals surface area (Å²) in [6.07, 6.45) is 2.47. The summed E-state index contributed by atoms with van der Waals surface area (Å²) in [5, 5.41) is 0.832. The summed E-state index contributed by atoms with van der Waals surface area (Å²) in [6, 6.07) is 12.0. The van der Waals surface area contributed by atoms with E-state index in [-0.39, 0.29) is 5.82 Å². The van der Waals surface area contributed by atoms with E-state index in [9.17, 15) is 9.18 Å². The molecular weight excluding hydrogens is 229 g/mol. The predicted molar refractivity (Wildman–Crippen MR) is 69.1 cm³/mol. The molecule has 0 spiro atoms.